The van der Waals surface area contributed by atoms with Crippen LogP contribution in [0.25, 0.3) is 0 Å². The molecule has 0 aromatic carbocycles. The van der Waals surface area contributed by atoms with E-state index in [-0.39, 0.29) is 32.6 Å². The molecule has 368 valence electrons. The van der Waals surface area contributed by atoms with E-state index in [2.05, 4.69) is 26.0 Å². The number of nitrogens with two attached hydrogens (primary N) is 1. The summed E-state index contributed by atoms with van der Waals surface area (Å²) in [5.74, 6) is -0.847. The van der Waals surface area contributed by atoms with Gasteiger partial charge < -0.3 is 20.1 Å². The molecule has 0 amide bonds. The van der Waals surface area contributed by atoms with Gasteiger partial charge in [-0.2, -0.15) is 0 Å². The molecule has 1 unspecified atom stereocenters. The maximum atomic E-state index is 12.6. The molecule has 0 aromatic rings. The van der Waals surface area contributed by atoms with Crippen molar-refractivity contribution in [1.29, 1.82) is 0 Å². The Bertz CT molecular complexity index is 1030. The third-order valence-corrected chi connectivity index (χ3v) is 12.9. The Hall–Kier alpha value is -1.25. The van der Waals surface area contributed by atoms with Crippen molar-refractivity contribution in [2.24, 2.45) is 5.73 Å². The van der Waals surface area contributed by atoms with Crippen LogP contribution in [0.15, 0.2) is 12.2 Å². The molecule has 0 rings (SSSR count). The molecule has 3 N–H and O–H groups in total. The Balaban J connectivity index is 4.00. The third-order valence-electron chi connectivity index (χ3n) is 11.9. The first kappa shape index (κ1) is 60.8. The van der Waals surface area contributed by atoms with Crippen LogP contribution in [0.4, 0.5) is 0 Å². The predicted molar refractivity (Wildman–Crippen MR) is 261 cm³/mol. The quantitative estimate of drug-likeness (QED) is 0.0265. The largest absolute Gasteiger partial charge is 0.472 e. The lowest BCUT2D eigenvalue weighted by Crippen LogP contribution is -2.29. The van der Waals surface area contributed by atoms with Crippen LogP contribution in [0.2, 0.25) is 0 Å². The molecule has 0 aliphatic rings. The van der Waals surface area contributed by atoms with Gasteiger partial charge in [-0.15, -0.1) is 0 Å². The zero-order valence-corrected chi connectivity index (χ0v) is 41.8. The third kappa shape index (κ3) is 48.2. The second kappa shape index (κ2) is 49.2. The van der Waals surface area contributed by atoms with Crippen LogP contribution in [-0.4, -0.2) is 49.3 Å². The fourth-order valence-electron chi connectivity index (χ4n) is 7.94. The number of hydrogen-bond donors (Lipinski definition) is 2. The maximum absolute atomic E-state index is 12.6. The molecule has 0 bridgehead atoms. The predicted octanol–water partition coefficient (Wildman–Crippen LogP) is 16.1. The van der Waals surface area contributed by atoms with Crippen LogP contribution in [-0.2, 0) is 32.7 Å². The summed E-state index contributed by atoms with van der Waals surface area (Å²) in [6.07, 6.45) is 54.1. The van der Waals surface area contributed by atoms with Gasteiger partial charge in [-0.05, 0) is 32.1 Å². The van der Waals surface area contributed by atoms with Gasteiger partial charge in [0.2, 0.25) is 0 Å². The molecule has 0 heterocycles. The minimum Gasteiger partial charge on any atom is -0.462 e. The van der Waals surface area contributed by atoms with Gasteiger partial charge in [0.25, 0.3) is 0 Å². The number of unbranched alkanes of at least 4 members (excludes halogenated alkanes) is 36. The van der Waals surface area contributed by atoms with E-state index >= 15 is 0 Å². The van der Waals surface area contributed by atoms with Crippen LogP contribution in [0.1, 0.15) is 277 Å². The lowest BCUT2D eigenvalue weighted by Gasteiger charge is -2.19. The summed E-state index contributed by atoms with van der Waals surface area (Å²) in [4.78, 5) is 35.0. The molecule has 0 radical (unpaired) electrons. The van der Waals surface area contributed by atoms with Gasteiger partial charge in [0, 0.05) is 19.4 Å². The minimum atomic E-state index is -4.38. The van der Waals surface area contributed by atoms with E-state index < -0.39 is 32.5 Å². The van der Waals surface area contributed by atoms with E-state index in [1.54, 1.807) is 0 Å². The first-order valence-electron chi connectivity index (χ1n) is 26.7. The summed E-state index contributed by atoms with van der Waals surface area (Å²) >= 11 is 0. The van der Waals surface area contributed by atoms with Gasteiger partial charge in [0.15, 0.2) is 6.10 Å². The number of carbonyl (C=O) groups is 2. The minimum absolute atomic E-state index is 0.0537. The number of carbonyl (C=O) groups excluding carboxylic acids is 2. The fraction of sp³-hybridized carbons (Fsp3) is 0.923. The highest BCUT2D eigenvalue weighted by Crippen LogP contribution is 2.43. The van der Waals surface area contributed by atoms with Crippen molar-refractivity contribution < 1.29 is 37.6 Å². The topological polar surface area (TPSA) is 134 Å². The monoisotopic (exact) mass is 900 g/mol. The number of hydrogen-bond acceptors (Lipinski definition) is 8. The molecular weight excluding hydrogens is 798 g/mol. The molecule has 2 atom stereocenters. The summed E-state index contributed by atoms with van der Waals surface area (Å²) in [7, 11) is -4.38. The van der Waals surface area contributed by atoms with Crippen LogP contribution >= 0.6 is 7.82 Å². The number of esters is 2. The zero-order chi connectivity index (χ0) is 45.3. The van der Waals surface area contributed by atoms with E-state index in [4.69, 9.17) is 24.3 Å². The smallest absolute Gasteiger partial charge is 0.462 e. The average Bonchev–Trinajstić information content (AvgIpc) is 3.26. The second-order valence-electron chi connectivity index (χ2n) is 18.1. The zero-order valence-electron chi connectivity index (χ0n) is 40.9. The van der Waals surface area contributed by atoms with E-state index in [1.165, 1.54) is 212 Å². The van der Waals surface area contributed by atoms with Crippen molar-refractivity contribution in [1.82, 2.24) is 0 Å². The summed E-state index contributed by atoms with van der Waals surface area (Å²) in [5, 5.41) is 0. The SMILES string of the molecule is CCCCCCCCCCCCCCCCCCCC/C=C/CCCC(=O)OC[C@@H](COP(=O)(O)OCCN)OC(=O)CCCCCCCCCCCCCCCCCCCC. The van der Waals surface area contributed by atoms with Crippen molar-refractivity contribution in [3.05, 3.63) is 12.2 Å². The van der Waals surface area contributed by atoms with E-state index in [0.29, 0.717) is 12.8 Å². The van der Waals surface area contributed by atoms with Crippen molar-refractivity contribution in [3.63, 3.8) is 0 Å². The lowest BCUT2D eigenvalue weighted by molar-refractivity contribution is -0.161. The van der Waals surface area contributed by atoms with Gasteiger partial charge in [-0.1, -0.05) is 244 Å². The van der Waals surface area contributed by atoms with Gasteiger partial charge in [0.1, 0.15) is 6.61 Å². The Morgan fingerprint density at radius 1 is 0.468 bits per heavy atom. The van der Waals surface area contributed by atoms with Gasteiger partial charge in [0.05, 0.1) is 13.2 Å². The molecule has 9 nitrogen and oxygen atoms in total. The highest BCUT2D eigenvalue weighted by molar-refractivity contribution is 7.47. The van der Waals surface area contributed by atoms with E-state index in [9.17, 15) is 19.0 Å². The fourth-order valence-corrected chi connectivity index (χ4v) is 8.70. The molecule has 0 saturated carbocycles. The molecule has 0 aliphatic heterocycles. The number of ether oxygens (including phenoxy) is 2. The number of allylic oxidation sites excluding steroid dienone is 2. The Kier molecular flexibility index (Phi) is 48.2. The standard InChI is InChI=1S/C52H102NO8P/c1-3-5-7-9-11-13-15-17-19-21-23-24-25-26-27-29-30-32-34-36-38-40-42-44-51(54)58-48-50(49-60-62(56,57)59-47-46-53)61-52(55)45-43-41-39-37-35-33-31-28-22-20-18-16-14-12-10-8-6-4-2/h36,38,50H,3-35,37,39-49,53H2,1-2H3,(H,56,57)/b38-36+/t50-/m0/s1. The Morgan fingerprint density at radius 2 is 0.806 bits per heavy atom. The maximum Gasteiger partial charge on any atom is 0.472 e. The summed E-state index contributed by atoms with van der Waals surface area (Å²) < 4.78 is 32.9. The Morgan fingerprint density at radius 3 is 1.19 bits per heavy atom. The number of phosphoric acid groups is 1. The van der Waals surface area contributed by atoms with Crippen molar-refractivity contribution in [2.75, 3.05) is 26.4 Å². The number of rotatable bonds is 51. The summed E-state index contributed by atoms with van der Waals surface area (Å²) in [6.45, 7) is 3.77. The van der Waals surface area contributed by atoms with E-state index in [0.717, 1.165) is 25.7 Å². The molecule has 10 heteroatoms. The van der Waals surface area contributed by atoms with Crippen LogP contribution in [0.3, 0.4) is 0 Å². The van der Waals surface area contributed by atoms with Gasteiger partial charge in [-0.25, -0.2) is 4.57 Å². The molecular formula is C52H102NO8P. The average molecular weight is 900 g/mol. The van der Waals surface area contributed by atoms with Crippen molar-refractivity contribution in [3.8, 4) is 0 Å². The first-order chi connectivity index (χ1) is 30.3. The van der Waals surface area contributed by atoms with Crippen LogP contribution in [0.5, 0.6) is 0 Å². The second-order valence-corrected chi connectivity index (χ2v) is 19.6. The highest BCUT2D eigenvalue weighted by Gasteiger charge is 2.26. The molecule has 62 heavy (non-hydrogen) atoms. The highest BCUT2D eigenvalue weighted by atomic mass is 31.2. The lowest BCUT2D eigenvalue weighted by atomic mass is 10.0. The van der Waals surface area contributed by atoms with Crippen LogP contribution in [0, 0.1) is 0 Å². The molecule has 0 fully saturated rings. The van der Waals surface area contributed by atoms with Crippen molar-refractivity contribution >= 4 is 19.8 Å². The molecule has 0 aliphatic carbocycles. The molecule has 0 spiro atoms. The summed E-state index contributed by atoms with van der Waals surface area (Å²) in [6, 6.07) is 0. The summed E-state index contributed by atoms with van der Waals surface area (Å²) in [5.41, 5.74) is 5.37. The molecule has 0 saturated heterocycles. The first-order valence-corrected chi connectivity index (χ1v) is 28.2. The Labute approximate surface area is 383 Å². The van der Waals surface area contributed by atoms with E-state index in [1.807, 2.05) is 0 Å². The normalized spacial score (nSPS) is 13.2. The van der Waals surface area contributed by atoms with Gasteiger partial charge >= 0.3 is 19.8 Å². The van der Waals surface area contributed by atoms with Crippen LogP contribution < -0.4 is 5.73 Å². The van der Waals surface area contributed by atoms with Crippen molar-refractivity contribution in [2.45, 2.75) is 283 Å². The molecule has 0 aromatic heterocycles. The number of phosphoric ester groups is 1. The van der Waals surface area contributed by atoms with Gasteiger partial charge in [-0.3, -0.25) is 18.6 Å².